The van der Waals surface area contributed by atoms with Gasteiger partial charge in [-0.3, -0.25) is 0 Å². The monoisotopic (exact) mass is 315 g/mol. The first kappa shape index (κ1) is 14.0. The Morgan fingerprint density at radius 1 is 1.50 bits per heavy atom. The molecule has 1 aromatic rings. The molecule has 100 valence electrons. The van der Waals surface area contributed by atoms with Crippen LogP contribution in [0.1, 0.15) is 31.4 Å². The molecular formula is C14H19BrFNO. The second-order valence-corrected chi connectivity index (χ2v) is 5.65. The van der Waals surface area contributed by atoms with E-state index in [1.54, 1.807) is 13.2 Å². The van der Waals surface area contributed by atoms with Crippen LogP contribution in [0.25, 0.3) is 0 Å². The van der Waals surface area contributed by atoms with Gasteiger partial charge in [0.15, 0.2) is 0 Å². The van der Waals surface area contributed by atoms with Gasteiger partial charge >= 0.3 is 0 Å². The first-order valence-corrected chi connectivity index (χ1v) is 7.17. The second kappa shape index (κ2) is 6.13. The van der Waals surface area contributed by atoms with Gasteiger partial charge in [0.1, 0.15) is 5.82 Å². The van der Waals surface area contributed by atoms with Gasteiger partial charge in [-0.2, -0.15) is 0 Å². The van der Waals surface area contributed by atoms with Gasteiger partial charge in [0, 0.05) is 17.1 Å². The molecule has 1 aliphatic rings. The van der Waals surface area contributed by atoms with Crippen molar-refractivity contribution in [1.29, 1.82) is 0 Å². The van der Waals surface area contributed by atoms with Crippen molar-refractivity contribution in [2.75, 3.05) is 13.7 Å². The van der Waals surface area contributed by atoms with Crippen molar-refractivity contribution in [2.24, 2.45) is 5.92 Å². The van der Waals surface area contributed by atoms with E-state index in [9.17, 15) is 4.39 Å². The molecule has 2 rings (SSSR count). The minimum Gasteiger partial charge on any atom is -0.379 e. The lowest BCUT2D eigenvalue weighted by Crippen LogP contribution is -2.35. The Hall–Kier alpha value is -0.450. The van der Waals surface area contributed by atoms with Gasteiger partial charge in [0.25, 0.3) is 0 Å². The van der Waals surface area contributed by atoms with Crippen LogP contribution in [-0.2, 0) is 4.74 Å². The Bertz CT molecular complexity index is 409. The highest BCUT2D eigenvalue weighted by Gasteiger charge is 2.38. The van der Waals surface area contributed by atoms with Crippen molar-refractivity contribution >= 4 is 15.9 Å². The Morgan fingerprint density at radius 3 is 2.78 bits per heavy atom. The molecule has 1 aliphatic carbocycles. The van der Waals surface area contributed by atoms with Gasteiger partial charge in [-0.1, -0.05) is 22.9 Å². The van der Waals surface area contributed by atoms with E-state index in [4.69, 9.17) is 4.74 Å². The third-order valence-electron chi connectivity index (χ3n) is 3.40. The SMILES string of the molecule is CCNC(c1cc(Br)ccc1F)C(OC)C1CC1. The number of ether oxygens (including phenoxy) is 1. The fourth-order valence-electron chi connectivity index (χ4n) is 2.40. The molecule has 0 saturated heterocycles. The van der Waals surface area contributed by atoms with Crippen LogP contribution in [0, 0.1) is 11.7 Å². The highest BCUT2D eigenvalue weighted by molar-refractivity contribution is 9.10. The van der Waals surface area contributed by atoms with Crippen LogP contribution in [0.5, 0.6) is 0 Å². The third kappa shape index (κ3) is 3.11. The molecule has 1 fully saturated rings. The van der Waals surface area contributed by atoms with Gasteiger partial charge in [0.05, 0.1) is 12.1 Å². The quantitative estimate of drug-likeness (QED) is 0.865. The molecule has 2 unspecified atom stereocenters. The third-order valence-corrected chi connectivity index (χ3v) is 3.90. The summed E-state index contributed by atoms with van der Waals surface area (Å²) in [6.45, 7) is 2.83. The molecule has 1 saturated carbocycles. The molecule has 4 heteroatoms. The Balaban J connectivity index is 2.30. The molecule has 1 aromatic carbocycles. The largest absolute Gasteiger partial charge is 0.379 e. The summed E-state index contributed by atoms with van der Waals surface area (Å²) in [4.78, 5) is 0. The van der Waals surface area contributed by atoms with Crippen molar-refractivity contribution < 1.29 is 9.13 Å². The van der Waals surface area contributed by atoms with Crippen molar-refractivity contribution in [3.63, 3.8) is 0 Å². The summed E-state index contributed by atoms with van der Waals surface area (Å²) in [6, 6.07) is 4.99. The zero-order valence-electron chi connectivity index (χ0n) is 10.7. The number of likely N-dealkylation sites (N-methyl/N-ethyl adjacent to an activating group) is 1. The number of methoxy groups -OCH3 is 1. The summed E-state index contributed by atoms with van der Waals surface area (Å²) in [6.07, 6.45) is 2.40. The van der Waals surface area contributed by atoms with E-state index in [2.05, 4.69) is 21.2 Å². The number of rotatable bonds is 6. The van der Waals surface area contributed by atoms with Gasteiger partial charge in [-0.05, 0) is 43.5 Å². The van der Waals surface area contributed by atoms with Crippen LogP contribution >= 0.6 is 15.9 Å². The van der Waals surface area contributed by atoms with Gasteiger partial charge < -0.3 is 10.1 Å². The van der Waals surface area contributed by atoms with E-state index < -0.39 is 0 Å². The number of hydrogen-bond acceptors (Lipinski definition) is 2. The zero-order chi connectivity index (χ0) is 13.1. The summed E-state index contributed by atoms with van der Waals surface area (Å²) in [7, 11) is 1.71. The molecule has 0 radical (unpaired) electrons. The number of benzene rings is 1. The van der Waals surface area contributed by atoms with Crippen LogP contribution < -0.4 is 5.32 Å². The fourth-order valence-corrected chi connectivity index (χ4v) is 2.78. The predicted molar refractivity (Wildman–Crippen MR) is 74.0 cm³/mol. The normalized spacial score (nSPS) is 18.7. The Labute approximate surface area is 116 Å². The summed E-state index contributed by atoms with van der Waals surface area (Å²) < 4.78 is 20.5. The molecular weight excluding hydrogens is 297 g/mol. The van der Waals surface area contributed by atoms with Gasteiger partial charge in [0.2, 0.25) is 0 Å². The van der Waals surface area contributed by atoms with Crippen LogP contribution in [0.15, 0.2) is 22.7 Å². The smallest absolute Gasteiger partial charge is 0.128 e. The number of hydrogen-bond donors (Lipinski definition) is 1. The van der Waals surface area contributed by atoms with Crippen LogP contribution in [0.2, 0.25) is 0 Å². The Morgan fingerprint density at radius 2 is 2.22 bits per heavy atom. The minimum absolute atomic E-state index is 0.0498. The van der Waals surface area contributed by atoms with Crippen molar-refractivity contribution in [3.05, 3.63) is 34.1 Å². The maximum absolute atomic E-state index is 14.0. The molecule has 0 amide bonds. The standard InChI is InChI=1S/C14H19BrFNO/c1-3-17-13(14(18-2)9-4-5-9)11-8-10(15)6-7-12(11)16/h6-9,13-14,17H,3-5H2,1-2H3. The highest BCUT2D eigenvalue weighted by atomic mass is 79.9. The van der Waals surface area contributed by atoms with Crippen molar-refractivity contribution in [2.45, 2.75) is 31.9 Å². The number of halogens is 2. The van der Waals surface area contributed by atoms with Gasteiger partial charge in [-0.15, -0.1) is 0 Å². The van der Waals surface area contributed by atoms with Crippen molar-refractivity contribution in [3.8, 4) is 0 Å². The summed E-state index contributed by atoms with van der Waals surface area (Å²) in [5, 5.41) is 3.35. The summed E-state index contributed by atoms with van der Waals surface area (Å²) >= 11 is 3.40. The molecule has 0 aromatic heterocycles. The molecule has 0 aliphatic heterocycles. The zero-order valence-corrected chi connectivity index (χ0v) is 12.3. The van der Waals surface area contributed by atoms with E-state index in [0.29, 0.717) is 11.5 Å². The number of nitrogens with one attached hydrogen (secondary N) is 1. The van der Waals surface area contributed by atoms with Crippen LogP contribution in [-0.4, -0.2) is 19.8 Å². The van der Waals surface area contributed by atoms with E-state index in [0.717, 1.165) is 11.0 Å². The van der Waals surface area contributed by atoms with E-state index in [1.165, 1.54) is 18.9 Å². The molecule has 18 heavy (non-hydrogen) atoms. The lowest BCUT2D eigenvalue weighted by Gasteiger charge is -2.27. The summed E-state index contributed by atoms with van der Waals surface area (Å²) in [5.74, 6) is 0.379. The maximum atomic E-state index is 14.0. The lowest BCUT2D eigenvalue weighted by atomic mass is 9.97. The molecule has 2 atom stereocenters. The maximum Gasteiger partial charge on any atom is 0.128 e. The molecule has 1 N–H and O–H groups in total. The average molecular weight is 316 g/mol. The summed E-state index contributed by atoms with van der Waals surface area (Å²) in [5.41, 5.74) is 0.685. The van der Waals surface area contributed by atoms with Crippen LogP contribution in [0.3, 0.4) is 0 Å². The van der Waals surface area contributed by atoms with Crippen LogP contribution in [0.4, 0.5) is 4.39 Å². The van der Waals surface area contributed by atoms with E-state index in [-0.39, 0.29) is 18.0 Å². The topological polar surface area (TPSA) is 21.3 Å². The molecule has 0 heterocycles. The first-order valence-electron chi connectivity index (χ1n) is 6.38. The van der Waals surface area contributed by atoms with E-state index in [1.807, 2.05) is 13.0 Å². The fraction of sp³-hybridized carbons (Fsp3) is 0.571. The average Bonchev–Trinajstić information content (AvgIpc) is 3.17. The Kier molecular flexibility index (Phi) is 4.76. The highest BCUT2D eigenvalue weighted by Crippen LogP contribution is 2.40. The molecule has 2 nitrogen and oxygen atoms in total. The van der Waals surface area contributed by atoms with Crippen molar-refractivity contribution in [1.82, 2.24) is 5.32 Å². The predicted octanol–water partition coefficient (Wildman–Crippen LogP) is 3.66. The second-order valence-electron chi connectivity index (χ2n) is 4.74. The molecule has 0 spiro atoms. The first-order chi connectivity index (χ1) is 8.67. The molecule has 0 bridgehead atoms. The lowest BCUT2D eigenvalue weighted by molar-refractivity contribution is 0.0501. The van der Waals surface area contributed by atoms with Gasteiger partial charge in [-0.25, -0.2) is 4.39 Å². The minimum atomic E-state index is -0.174. The van der Waals surface area contributed by atoms with E-state index >= 15 is 0 Å².